The van der Waals surface area contributed by atoms with Crippen molar-refractivity contribution in [2.45, 2.75) is 44.9 Å². The molecular weight excluding hydrogens is 366 g/mol. The van der Waals surface area contributed by atoms with Gasteiger partial charge < -0.3 is 10.7 Å². The maximum atomic E-state index is 12.8. The van der Waals surface area contributed by atoms with Crippen molar-refractivity contribution in [2.24, 2.45) is 0 Å². The first-order valence-corrected chi connectivity index (χ1v) is 11.3. The van der Waals surface area contributed by atoms with Gasteiger partial charge in [0.25, 0.3) is 0 Å². The number of benzene rings is 1. The molecule has 4 nitrogen and oxygen atoms in total. The number of nitrogens with two attached hydrogens (primary N) is 1. The smallest absolute Gasteiger partial charge is 0.193 e. The van der Waals surface area contributed by atoms with Crippen LogP contribution in [0, 0.1) is 0 Å². The van der Waals surface area contributed by atoms with E-state index < -0.39 is 0 Å². The maximum absolute atomic E-state index is 12.8. The Labute approximate surface area is 170 Å². The molecule has 2 N–H and O–H groups in total. The van der Waals surface area contributed by atoms with E-state index in [1.54, 1.807) is 16.0 Å². The lowest BCUT2D eigenvalue weighted by Gasteiger charge is -2.32. The van der Waals surface area contributed by atoms with Gasteiger partial charge in [-0.3, -0.25) is 9.47 Å². The van der Waals surface area contributed by atoms with Crippen LogP contribution in [0.25, 0.3) is 10.9 Å². The molecule has 1 aliphatic heterocycles. The zero-order chi connectivity index (χ0) is 19.5. The van der Waals surface area contributed by atoms with Gasteiger partial charge >= 0.3 is 0 Å². The summed E-state index contributed by atoms with van der Waals surface area (Å²) in [5.41, 5.74) is 3.81. The van der Waals surface area contributed by atoms with Crippen LogP contribution in [0.5, 0.6) is 0 Å². The third-order valence-electron chi connectivity index (χ3n) is 6.01. The van der Waals surface area contributed by atoms with Crippen molar-refractivity contribution in [3.05, 3.63) is 57.9 Å². The van der Waals surface area contributed by atoms with Gasteiger partial charge in [0.15, 0.2) is 5.78 Å². The van der Waals surface area contributed by atoms with Crippen molar-refractivity contribution in [3.8, 4) is 0 Å². The summed E-state index contributed by atoms with van der Waals surface area (Å²) < 4.78 is 1.72. The van der Waals surface area contributed by atoms with Crippen LogP contribution in [-0.2, 0) is 0 Å². The van der Waals surface area contributed by atoms with E-state index in [1.807, 2.05) is 35.0 Å². The highest BCUT2D eigenvalue weighted by Crippen LogP contribution is 2.34. The van der Waals surface area contributed by atoms with E-state index in [4.69, 9.17) is 5.84 Å². The minimum absolute atomic E-state index is 0.0876. The molecule has 1 aliphatic rings. The molecule has 0 aliphatic carbocycles. The number of hydrogen-bond donors (Lipinski definition) is 1. The van der Waals surface area contributed by atoms with Crippen LogP contribution in [0.15, 0.2) is 41.2 Å². The molecule has 0 amide bonds. The van der Waals surface area contributed by atoms with Gasteiger partial charge in [-0.1, -0.05) is 19.8 Å². The molecule has 0 spiro atoms. The highest BCUT2D eigenvalue weighted by molar-refractivity contribution is 7.08. The third kappa shape index (κ3) is 3.87. The molecule has 5 heteroatoms. The number of likely N-dealkylation sites (tertiary alicyclic amines) is 1. The van der Waals surface area contributed by atoms with Gasteiger partial charge in [-0.25, -0.2) is 0 Å². The summed E-state index contributed by atoms with van der Waals surface area (Å²) in [6, 6.07) is 7.81. The minimum atomic E-state index is 0.0876. The topological polar surface area (TPSA) is 51.3 Å². The number of ketones is 1. The molecular formula is C23H29N3OS. The second kappa shape index (κ2) is 8.50. The van der Waals surface area contributed by atoms with E-state index >= 15 is 0 Å². The number of carbonyl (C=O) groups is 1. The number of rotatable bonds is 7. The maximum Gasteiger partial charge on any atom is 0.193 e. The Bertz CT molecular complexity index is 936. The predicted molar refractivity (Wildman–Crippen MR) is 118 cm³/mol. The molecule has 148 valence electrons. The Morgan fingerprint density at radius 2 is 2.00 bits per heavy atom. The first-order valence-electron chi connectivity index (χ1n) is 10.4. The van der Waals surface area contributed by atoms with Crippen molar-refractivity contribution >= 4 is 28.0 Å². The zero-order valence-corrected chi connectivity index (χ0v) is 17.4. The lowest BCUT2D eigenvalue weighted by Crippen LogP contribution is -2.33. The van der Waals surface area contributed by atoms with Gasteiger partial charge in [0.05, 0.1) is 5.52 Å². The molecule has 4 rings (SSSR count). The predicted octanol–water partition coefficient (Wildman–Crippen LogP) is 5.02. The van der Waals surface area contributed by atoms with Crippen LogP contribution >= 0.6 is 11.3 Å². The lowest BCUT2D eigenvalue weighted by molar-refractivity contribution is 0.103. The molecule has 0 saturated carbocycles. The number of nitrogen functional groups attached to an aromatic ring is 1. The average Bonchev–Trinajstić information content (AvgIpc) is 3.37. The molecule has 3 aromatic rings. The quantitative estimate of drug-likeness (QED) is 0.347. The van der Waals surface area contributed by atoms with E-state index in [0.717, 1.165) is 48.0 Å². The first-order chi connectivity index (χ1) is 13.7. The summed E-state index contributed by atoms with van der Waals surface area (Å²) in [4.78, 5) is 15.4. The molecule has 0 unspecified atom stereocenters. The van der Waals surface area contributed by atoms with Crippen LogP contribution < -0.4 is 5.84 Å². The molecule has 0 atom stereocenters. The van der Waals surface area contributed by atoms with E-state index in [-0.39, 0.29) is 5.78 Å². The fraction of sp³-hybridized carbons (Fsp3) is 0.435. The Balaban J connectivity index is 1.54. The average molecular weight is 396 g/mol. The van der Waals surface area contributed by atoms with Crippen LogP contribution in [0.3, 0.4) is 0 Å². The number of unbranched alkanes of at least 4 members (excludes halogenated alkanes) is 2. The van der Waals surface area contributed by atoms with Gasteiger partial charge in [-0.15, -0.1) is 0 Å². The number of carbonyl (C=O) groups excluding carboxylic acids is 1. The summed E-state index contributed by atoms with van der Waals surface area (Å²) >= 11 is 1.55. The first kappa shape index (κ1) is 19.2. The Hall–Kier alpha value is -2.11. The molecule has 2 aromatic heterocycles. The molecule has 28 heavy (non-hydrogen) atoms. The molecule has 3 heterocycles. The highest BCUT2D eigenvalue weighted by atomic mass is 32.1. The lowest BCUT2D eigenvalue weighted by atomic mass is 9.88. The van der Waals surface area contributed by atoms with Crippen LogP contribution in [-0.4, -0.2) is 35.0 Å². The largest absolute Gasteiger partial charge is 0.339 e. The van der Waals surface area contributed by atoms with Crippen molar-refractivity contribution in [1.29, 1.82) is 0 Å². The van der Waals surface area contributed by atoms with Crippen molar-refractivity contribution < 1.29 is 4.79 Å². The summed E-state index contributed by atoms with van der Waals surface area (Å²) in [6.45, 7) is 5.78. The van der Waals surface area contributed by atoms with Crippen LogP contribution in [0.4, 0.5) is 0 Å². The fourth-order valence-electron chi connectivity index (χ4n) is 4.36. The number of nitrogens with zero attached hydrogens (tertiary/aromatic N) is 2. The van der Waals surface area contributed by atoms with Gasteiger partial charge in [0.2, 0.25) is 0 Å². The number of piperidine rings is 1. The summed E-state index contributed by atoms with van der Waals surface area (Å²) in [7, 11) is 0. The second-order valence-corrected chi connectivity index (χ2v) is 8.67. The molecule has 0 bridgehead atoms. The number of aromatic nitrogens is 1. The van der Waals surface area contributed by atoms with Crippen LogP contribution in [0.1, 0.15) is 66.4 Å². The normalized spacial score (nSPS) is 16.0. The summed E-state index contributed by atoms with van der Waals surface area (Å²) in [6.07, 6.45) is 8.29. The van der Waals surface area contributed by atoms with Gasteiger partial charge in [-0.05, 0) is 80.0 Å². The minimum Gasteiger partial charge on any atom is -0.339 e. The molecule has 1 aromatic carbocycles. The van der Waals surface area contributed by atoms with Gasteiger partial charge in [-0.2, -0.15) is 11.3 Å². The van der Waals surface area contributed by atoms with Gasteiger partial charge in [0, 0.05) is 28.1 Å². The van der Waals surface area contributed by atoms with Gasteiger partial charge in [0.1, 0.15) is 0 Å². The number of fused-ring (bicyclic) bond motifs is 1. The van der Waals surface area contributed by atoms with E-state index in [1.165, 1.54) is 31.4 Å². The van der Waals surface area contributed by atoms with Crippen molar-refractivity contribution in [1.82, 2.24) is 9.58 Å². The highest BCUT2D eigenvalue weighted by Gasteiger charge is 2.24. The molecule has 0 radical (unpaired) electrons. The van der Waals surface area contributed by atoms with E-state index in [2.05, 4.69) is 18.0 Å². The Morgan fingerprint density at radius 1 is 1.18 bits per heavy atom. The van der Waals surface area contributed by atoms with Crippen LogP contribution in [0.2, 0.25) is 0 Å². The van der Waals surface area contributed by atoms with E-state index in [9.17, 15) is 4.79 Å². The van der Waals surface area contributed by atoms with E-state index in [0.29, 0.717) is 5.92 Å². The standard InChI is InChI=1S/C23H29N3OS/c1-2-3-4-10-25-11-7-17(8-12-25)21-15-26(24)22-6-5-18(14-20(21)22)23(27)19-9-13-28-16-19/h5-6,9,13-17H,2-4,7-8,10-12,24H2,1H3. The summed E-state index contributed by atoms with van der Waals surface area (Å²) in [5, 5.41) is 4.99. The Morgan fingerprint density at radius 3 is 2.71 bits per heavy atom. The molecule has 1 fully saturated rings. The third-order valence-corrected chi connectivity index (χ3v) is 6.70. The summed E-state index contributed by atoms with van der Waals surface area (Å²) in [5.74, 6) is 6.84. The Kier molecular flexibility index (Phi) is 5.83. The van der Waals surface area contributed by atoms with Crippen molar-refractivity contribution in [3.63, 3.8) is 0 Å². The fourth-order valence-corrected chi connectivity index (χ4v) is 5.00. The molecule has 1 saturated heterocycles. The number of thiophene rings is 1. The monoisotopic (exact) mass is 395 g/mol. The number of hydrogen-bond acceptors (Lipinski definition) is 4. The SMILES string of the molecule is CCCCCN1CCC(c2cn(N)c3ccc(C(=O)c4ccsc4)cc23)CC1. The zero-order valence-electron chi connectivity index (χ0n) is 16.6. The second-order valence-electron chi connectivity index (χ2n) is 7.89. The van der Waals surface area contributed by atoms with Crippen molar-refractivity contribution in [2.75, 3.05) is 25.5 Å².